The minimum Gasteiger partial charge on any atom is -0.468 e. The molecule has 1 heterocycles. The van der Waals surface area contributed by atoms with Crippen molar-refractivity contribution in [3.63, 3.8) is 0 Å². The van der Waals surface area contributed by atoms with Crippen LogP contribution >= 0.6 is 0 Å². The van der Waals surface area contributed by atoms with E-state index in [9.17, 15) is 4.39 Å². The van der Waals surface area contributed by atoms with Crippen molar-refractivity contribution in [3.8, 4) is 0 Å². The van der Waals surface area contributed by atoms with Crippen LogP contribution in [0.2, 0.25) is 0 Å². The Morgan fingerprint density at radius 2 is 2.00 bits per heavy atom. The van der Waals surface area contributed by atoms with Crippen molar-refractivity contribution in [1.82, 2.24) is 15.5 Å². The number of likely N-dealkylation sites (N-methyl/N-ethyl adjacent to an activating group) is 1. The van der Waals surface area contributed by atoms with Crippen LogP contribution in [0.3, 0.4) is 0 Å². The zero-order chi connectivity index (χ0) is 17.4. The number of aliphatic imine (C=N–C) groups is 1. The fourth-order valence-corrected chi connectivity index (χ4v) is 2.34. The zero-order valence-electron chi connectivity index (χ0n) is 14.4. The van der Waals surface area contributed by atoms with Crippen LogP contribution in [-0.4, -0.2) is 38.0 Å². The van der Waals surface area contributed by atoms with E-state index in [1.54, 1.807) is 18.4 Å². The predicted octanol–water partition coefficient (Wildman–Crippen LogP) is 2.78. The van der Waals surface area contributed by atoms with Crippen LogP contribution in [0.5, 0.6) is 0 Å². The molecule has 0 spiro atoms. The van der Waals surface area contributed by atoms with Crippen molar-refractivity contribution in [2.75, 3.05) is 27.2 Å². The minimum atomic E-state index is -0.237. The van der Waals surface area contributed by atoms with Crippen LogP contribution in [0.25, 0.3) is 0 Å². The summed E-state index contributed by atoms with van der Waals surface area (Å²) in [4.78, 5) is 6.54. The molecule has 2 rings (SSSR count). The Hall–Kier alpha value is -2.34. The molecule has 5 nitrogen and oxygen atoms in total. The zero-order valence-corrected chi connectivity index (χ0v) is 14.4. The lowest BCUT2D eigenvalue weighted by atomic mass is 10.2. The molecule has 6 heteroatoms. The van der Waals surface area contributed by atoms with Crippen LogP contribution in [0.1, 0.15) is 24.3 Å². The molecular formula is C18H25FN4O. The van der Waals surface area contributed by atoms with Gasteiger partial charge >= 0.3 is 0 Å². The monoisotopic (exact) mass is 332 g/mol. The lowest BCUT2D eigenvalue weighted by Crippen LogP contribution is -2.41. The van der Waals surface area contributed by atoms with E-state index in [4.69, 9.17) is 4.42 Å². The van der Waals surface area contributed by atoms with Gasteiger partial charge in [-0.3, -0.25) is 4.90 Å². The molecule has 0 bridgehead atoms. The van der Waals surface area contributed by atoms with E-state index in [2.05, 4.69) is 20.5 Å². The number of halogens is 1. The first-order valence-corrected chi connectivity index (χ1v) is 8.07. The van der Waals surface area contributed by atoms with Crippen molar-refractivity contribution in [1.29, 1.82) is 0 Å². The Morgan fingerprint density at radius 3 is 2.62 bits per heavy atom. The number of rotatable bonds is 7. The highest BCUT2D eigenvalue weighted by atomic mass is 19.1. The predicted molar refractivity (Wildman–Crippen MR) is 94.4 cm³/mol. The number of hydrogen-bond acceptors (Lipinski definition) is 3. The smallest absolute Gasteiger partial charge is 0.191 e. The van der Waals surface area contributed by atoms with Crippen LogP contribution in [0.15, 0.2) is 52.1 Å². The van der Waals surface area contributed by atoms with E-state index in [0.29, 0.717) is 18.1 Å². The lowest BCUT2D eigenvalue weighted by molar-refractivity contribution is 0.258. The molecule has 24 heavy (non-hydrogen) atoms. The maximum Gasteiger partial charge on any atom is 0.191 e. The van der Waals surface area contributed by atoms with Crippen LogP contribution in [-0.2, 0) is 6.54 Å². The quantitative estimate of drug-likeness (QED) is 0.605. The Bertz CT molecular complexity index is 640. The highest BCUT2D eigenvalue weighted by molar-refractivity contribution is 5.79. The fraction of sp³-hybridized carbons (Fsp3) is 0.389. The molecule has 0 aliphatic heterocycles. The molecular weight excluding hydrogens is 307 g/mol. The van der Waals surface area contributed by atoms with Crippen molar-refractivity contribution in [2.45, 2.75) is 19.5 Å². The van der Waals surface area contributed by atoms with E-state index in [0.717, 1.165) is 12.3 Å². The number of furan rings is 1. The summed E-state index contributed by atoms with van der Waals surface area (Å²) in [5.41, 5.74) is 0.574. The molecule has 1 aromatic carbocycles. The van der Waals surface area contributed by atoms with Gasteiger partial charge in [-0.15, -0.1) is 0 Å². The molecule has 2 N–H and O–H groups in total. The first-order valence-electron chi connectivity index (χ1n) is 8.07. The van der Waals surface area contributed by atoms with Gasteiger partial charge in [-0.1, -0.05) is 18.2 Å². The summed E-state index contributed by atoms with van der Waals surface area (Å²) < 4.78 is 19.2. The minimum absolute atomic E-state index is 0.0808. The molecule has 0 radical (unpaired) electrons. The number of guanidine groups is 1. The van der Waals surface area contributed by atoms with Crippen LogP contribution < -0.4 is 10.6 Å². The summed E-state index contributed by atoms with van der Waals surface area (Å²) >= 11 is 0. The second-order valence-corrected chi connectivity index (χ2v) is 5.66. The highest BCUT2D eigenvalue weighted by Gasteiger charge is 2.17. The van der Waals surface area contributed by atoms with Crippen molar-refractivity contribution in [3.05, 3.63) is 59.8 Å². The average molecular weight is 332 g/mol. The first-order chi connectivity index (χ1) is 11.6. The summed E-state index contributed by atoms with van der Waals surface area (Å²) in [5, 5.41) is 6.47. The maximum absolute atomic E-state index is 13.7. The van der Waals surface area contributed by atoms with E-state index in [1.165, 1.54) is 6.07 Å². The summed E-state index contributed by atoms with van der Waals surface area (Å²) in [6.45, 7) is 3.64. The van der Waals surface area contributed by atoms with Gasteiger partial charge in [0.1, 0.15) is 11.6 Å². The maximum atomic E-state index is 13.7. The SMILES string of the molecule is CCNC(=NCc1ccccc1F)NCC(c1ccco1)N(C)C. The third-order valence-corrected chi connectivity index (χ3v) is 3.67. The van der Waals surface area contributed by atoms with Gasteiger partial charge in [0, 0.05) is 18.7 Å². The number of nitrogens with one attached hydrogen (secondary N) is 2. The van der Waals surface area contributed by atoms with Crippen molar-refractivity contribution in [2.24, 2.45) is 4.99 Å². The Morgan fingerprint density at radius 1 is 1.21 bits per heavy atom. The van der Waals surface area contributed by atoms with E-state index in [-0.39, 0.29) is 18.4 Å². The second-order valence-electron chi connectivity index (χ2n) is 5.66. The van der Waals surface area contributed by atoms with E-state index in [1.807, 2.05) is 39.2 Å². The molecule has 130 valence electrons. The molecule has 0 fully saturated rings. The second kappa shape index (κ2) is 9.08. The lowest BCUT2D eigenvalue weighted by Gasteiger charge is -2.23. The van der Waals surface area contributed by atoms with Crippen LogP contribution in [0.4, 0.5) is 4.39 Å². The molecule has 1 atom stereocenters. The Labute approximate surface area is 142 Å². The summed E-state index contributed by atoms with van der Waals surface area (Å²) in [6, 6.07) is 10.6. The third kappa shape index (κ3) is 5.09. The first kappa shape index (κ1) is 18.0. The van der Waals surface area contributed by atoms with Crippen molar-refractivity contribution < 1.29 is 8.81 Å². The number of hydrogen-bond donors (Lipinski definition) is 2. The van der Waals surface area contributed by atoms with Gasteiger partial charge in [0.2, 0.25) is 0 Å². The summed E-state index contributed by atoms with van der Waals surface area (Å²) in [7, 11) is 4.00. The average Bonchev–Trinajstić information content (AvgIpc) is 3.08. The van der Waals surface area contributed by atoms with Gasteiger partial charge in [0.05, 0.1) is 18.8 Å². The molecule has 0 amide bonds. The normalized spacial score (nSPS) is 13.1. The molecule has 1 aromatic heterocycles. The number of benzene rings is 1. The molecule has 0 saturated carbocycles. The summed E-state index contributed by atoms with van der Waals surface area (Å²) in [6.07, 6.45) is 1.67. The van der Waals surface area contributed by atoms with Gasteiger partial charge in [0.25, 0.3) is 0 Å². The topological polar surface area (TPSA) is 52.8 Å². The van der Waals surface area contributed by atoms with E-state index >= 15 is 0 Å². The van der Waals surface area contributed by atoms with Crippen molar-refractivity contribution >= 4 is 5.96 Å². The summed E-state index contributed by atoms with van der Waals surface area (Å²) in [5.74, 6) is 1.30. The third-order valence-electron chi connectivity index (χ3n) is 3.67. The molecule has 0 aliphatic carbocycles. The molecule has 1 unspecified atom stereocenters. The molecule has 0 saturated heterocycles. The standard InChI is InChI=1S/C18H25FN4O/c1-4-20-18(21-12-14-8-5-6-9-15(14)19)22-13-16(23(2)3)17-10-7-11-24-17/h5-11,16H,4,12-13H2,1-3H3,(H2,20,21,22). The number of nitrogens with zero attached hydrogens (tertiary/aromatic N) is 2. The van der Waals surface area contributed by atoms with Crippen LogP contribution in [0, 0.1) is 5.82 Å². The van der Waals surface area contributed by atoms with Gasteiger partial charge in [-0.2, -0.15) is 0 Å². The van der Waals surface area contributed by atoms with Gasteiger partial charge < -0.3 is 15.1 Å². The molecule has 2 aromatic rings. The fourth-order valence-electron chi connectivity index (χ4n) is 2.34. The van der Waals surface area contributed by atoms with Gasteiger partial charge in [0.15, 0.2) is 5.96 Å². The van der Waals surface area contributed by atoms with E-state index < -0.39 is 0 Å². The van der Waals surface area contributed by atoms with Gasteiger partial charge in [-0.05, 0) is 39.2 Å². The molecule has 0 aliphatic rings. The van der Waals surface area contributed by atoms with Gasteiger partial charge in [-0.25, -0.2) is 9.38 Å². The highest BCUT2D eigenvalue weighted by Crippen LogP contribution is 2.17. The largest absolute Gasteiger partial charge is 0.468 e. The Balaban J connectivity index is 2.02. The Kier molecular flexibility index (Phi) is 6.81.